The first-order valence-corrected chi connectivity index (χ1v) is 13.1. The summed E-state index contributed by atoms with van der Waals surface area (Å²) in [6, 6.07) is 7.38. The standard InChI is InChI=1S/C27H44N2O5/c1-3-17-28-27(32)29(18-9-8-12-22-10-6-5-7-11-22)19-20-34-24-15-13-23(14-16-24)21-25(26(30)31)33-4-2/h13-16,22,25H,3-12,17-21H2,1-2H3,(H,28,32)(H,30,31). The number of ether oxygens (including phenoxy) is 2. The van der Waals surface area contributed by atoms with E-state index in [1.807, 2.05) is 29.2 Å². The summed E-state index contributed by atoms with van der Waals surface area (Å²) in [6.07, 6.45) is 10.7. The normalized spacial score (nSPS) is 15.0. The molecule has 1 fully saturated rings. The predicted molar refractivity (Wildman–Crippen MR) is 134 cm³/mol. The molecule has 2 N–H and O–H groups in total. The van der Waals surface area contributed by atoms with Gasteiger partial charge in [0.1, 0.15) is 12.4 Å². The summed E-state index contributed by atoms with van der Waals surface area (Å²) in [4.78, 5) is 25.7. The van der Waals surface area contributed by atoms with E-state index in [4.69, 9.17) is 9.47 Å². The van der Waals surface area contributed by atoms with Gasteiger partial charge in [-0.25, -0.2) is 9.59 Å². The molecule has 0 aromatic heterocycles. The van der Waals surface area contributed by atoms with Crippen LogP contribution in [0.4, 0.5) is 4.79 Å². The van der Waals surface area contributed by atoms with Crippen molar-refractivity contribution in [2.45, 2.75) is 84.2 Å². The molecule has 0 saturated heterocycles. The lowest BCUT2D eigenvalue weighted by Crippen LogP contribution is -2.42. The molecule has 1 atom stereocenters. The number of nitrogens with zero attached hydrogens (tertiary/aromatic N) is 1. The second-order valence-electron chi connectivity index (χ2n) is 9.20. The Morgan fingerprint density at radius 1 is 1.09 bits per heavy atom. The van der Waals surface area contributed by atoms with E-state index < -0.39 is 12.1 Å². The molecule has 0 heterocycles. The molecule has 7 heteroatoms. The van der Waals surface area contributed by atoms with Gasteiger partial charge in [0.25, 0.3) is 0 Å². The van der Waals surface area contributed by atoms with E-state index in [2.05, 4.69) is 12.2 Å². The number of hydrogen-bond donors (Lipinski definition) is 2. The van der Waals surface area contributed by atoms with E-state index in [-0.39, 0.29) is 6.03 Å². The van der Waals surface area contributed by atoms with Gasteiger partial charge in [-0.05, 0) is 43.4 Å². The number of hydrogen-bond acceptors (Lipinski definition) is 4. The third-order valence-electron chi connectivity index (χ3n) is 6.45. The molecule has 1 aromatic carbocycles. The second-order valence-corrected chi connectivity index (χ2v) is 9.20. The molecule has 0 aliphatic heterocycles. The van der Waals surface area contributed by atoms with E-state index in [0.29, 0.717) is 38.5 Å². The lowest BCUT2D eigenvalue weighted by molar-refractivity contribution is -0.149. The Hall–Kier alpha value is -2.28. The third-order valence-corrected chi connectivity index (χ3v) is 6.45. The number of nitrogens with one attached hydrogen (secondary N) is 1. The van der Waals surface area contributed by atoms with Crippen molar-refractivity contribution in [2.75, 3.05) is 32.8 Å². The zero-order valence-corrected chi connectivity index (χ0v) is 21.1. The highest BCUT2D eigenvalue weighted by Gasteiger charge is 2.18. The quantitative estimate of drug-likeness (QED) is 0.317. The Kier molecular flexibility index (Phi) is 13.5. The first kappa shape index (κ1) is 28.0. The Morgan fingerprint density at radius 2 is 1.82 bits per heavy atom. The van der Waals surface area contributed by atoms with Crippen molar-refractivity contribution in [1.82, 2.24) is 10.2 Å². The first-order chi connectivity index (χ1) is 16.5. The molecular weight excluding hydrogens is 432 g/mol. The lowest BCUT2D eigenvalue weighted by Gasteiger charge is -2.24. The highest BCUT2D eigenvalue weighted by molar-refractivity contribution is 5.74. The molecule has 2 rings (SSSR count). The number of aliphatic carboxylic acids is 1. The van der Waals surface area contributed by atoms with Gasteiger partial charge < -0.3 is 24.8 Å². The van der Waals surface area contributed by atoms with Crippen LogP contribution in [-0.2, 0) is 16.0 Å². The molecule has 7 nitrogen and oxygen atoms in total. The van der Waals surface area contributed by atoms with E-state index >= 15 is 0 Å². The van der Waals surface area contributed by atoms with Crippen LogP contribution in [0.3, 0.4) is 0 Å². The molecule has 2 amide bonds. The van der Waals surface area contributed by atoms with Crippen LogP contribution in [0.5, 0.6) is 5.75 Å². The van der Waals surface area contributed by atoms with Crippen LogP contribution >= 0.6 is 0 Å². The summed E-state index contributed by atoms with van der Waals surface area (Å²) in [5.41, 5.74) is 0.881. The van der Waals surface area contributed by atoms with Gasteiger partial charge in [0.15, 0.2) is 6.10 Å². The second kappa shape index (κ2) is 16.4. The van der Waals surface area contributed by atoms with E-state index in [9.17, 15) is 14.7 Å². The number of urea groups is 1. The Bertz CT molecular complexity index is 703. The largest absolute Gasteiger partial charge is 0.492 e. The van der Waals surface area contributed by atoms with Gasteiger partial charge in [0, 0.05) is 26.1 Å². The van der Waals surface area contributed by atoms with Crippen LogP contribution < -0.4 is 10.1 Å². The minimum absolute atomic E-state index is 0.0194. The smallest absolute Gasteiger partial charge is 0.333 e. The molecule has 0 radical (unpaired) electrons. The van der Waals surface area contributed by atoms with Gasteiger partial charge in [-0.1, -0.05) is 64.0 Å². The molecule has 0 bridgehead atoms. The van der Waals surface area contributed by atoms with Crippen molar-refractivity contribution in [1.29, 1.82) is 0 Å². The lowest BCUT2D eigenvalue weighted by atomic mass is 9.86. The van der Waals surface area contributed by atoms with Crippen LogP contribution in [0.25, 0.3) is 0 Å². The number of carboxylic acids is 1. The van der Waals surface area contributed by atoms with Gasteiger partial charge in [-0.15, -0.1) is 0 Å². The van der Waals surface area contributed by atoms with Crippen LogP contribution in [0.2, 0.25) is 0 Å². The molecule has 192 valence electrons. The average molecular weight is 477 g/mol. The Morgan fingerprint density at radius 3 is 2.47 bits per heavy atom. The Labute approximate surface area is 205 Å². The summed E-state index contributed by atoms with van der Waals surface area (Å²) in [7, 11) is 0. The van der Waals surface area contributed by atoms with Crippen molar-refractivity contribution >= 4 is 12.0 Å². The summed E-state index contributed by atoms with van der Waals surface area (Å²) in [6.45, 7) is 6.58. The maximum Gasteiger partial charge on any atom is 0.333 e. The minimum Gasteiger partial charge on any atom is -0.492 e. The van der Waals surface area contributed by atoms with Gasteiger partial charge in [0.2, 0.25) is 0 Å². The molecular formula is C27H44N2O5. The minimum atomic E-state index is -0.956. The zero-order valence-electron chi connectivity index (χ0n) is 21.1. The fraction of sp³-hybridized carbons (Fsp3) is 0.704. The summed E-state index contributed by atoms with van der Waals surface area (Å²) in [5, 5.41) is 12.2. The number of carbonyl (C=O) groups excluding carboxylic acids is 1. The van der Waals surface area contributed by atoms with Crippen LogP contribution in [0, 0.1) is 5.92 Å². The Balaban J connectivity index is 1.77. The van der Waals surface area contributed by atoms with Crippen LogP contribution in [-0.4, -0.2) is 61.0 Å². The fourth-order valence-corrected chi connectivity index (χ4v) is 4.50. The third kappa shape index (κ3) is 10.8. The predicted octanol–water partition coefficient (Wildman–Crippen LogP) is 5.27. The number of rotatable bonds is 16. The topological polar surface area (TPSA) is 88.1 Å². The van der Waals surface area contributed by atoms with E-state index in [0.717, 1.165) is 30.9 Å². The highest BCUT2D eigenvalue weighted by Crippen LogP contribution is 2.27. The molecule has 34 heavy (non-hydrogen) atoms. The molecule has 1 aliphatic rings. The van der Waals surface area contributed by atoms with Crippen LogP contribution in [0.15, 0.2) is 24.3 Å². The van der Waals surface area contributed by atoms with Crippen molar-refractivity contribution in [3.63, 3.8) is 0 Å². The molecule has 1 aliphatic carbocycles. The van der Waals surface area contributed by atoms with Gasteiger partial charge >= 0.3 is 12.0 Å². The number of unbranched alkanes of at least 4 members (excludes halogenated alkanes) is 1. The maximum absolute atomic E-state index is 12.6. The maximum atomic E-state index is 12.6. The van der Waals surface area contributed by atoms with E-state index in [1.165, 1.54) is 44.9 Å². The monoisotopic (exact) mass is 476 g/mol. The van der Waals surface area contributed by atoms with Crippen molar-refractivity contribution in [3.8, 4) is 5.75 Å². The number of carboxylic acid groups (broad SMARTS) is 1. The van der Waals surface area contributed by atoms with Gasteiger partial charge in [-0.3, -0.25) is 0 Å². The number of amides is 2. The average Bonchev–Trinajstić information content (AvgIpc) is 2.85. The van der Waals surface area contributed by atoms with Crippen molar-refractivity contribution in [2.24, 2.45) is 5.92 Å². The van der Waals surface area contributed by atoms with Crippen LogP contribution in [0.1, 0.15) is 77.2 Å². The summed E-state index contributed by atoms with van der Waals surface area (Å²) in [5.74, 6) is 0.627. The molecule has 1 aromatic rings. The number of benzene rings is 1. The summed E-state index contributed by atoms with van der Waals surface area (Å²) >= 11 is 0. The molecule has 0 spiro atoms. The zero-order chi connectivity index (χ0) is 24.6. The molecule has 1 saturated carbocycles. The number of carbonyl (C=O) groups is 2. The SMILES string of the molecule is CCCNC(=O)N(CCCCC1CCCCC1)CCOc1ccc(CC(OCC)C(=O)O)cc1. The fourth-order valence-electron chi connectivity index (χ4n) is 4.50. The van der Waals surface area contributed by atoms with Gasteiger partial charge in [0.05, 0.1) is 6.54 Å². The highest BCUT2D eigenvalue weighted by atomic mass is 16.5. The van der Waals surface area contributed by atoms with Crippen molar-refractivity contribution in [3.05, 3.63) is 29.8 Å². The van der Waals surface area contributed by atoms with Crippen molar-refractivity contribution < 1.29 is 24.2 Å². The van der Waals surface area contributed by atoms with Gasteiger partial charge in [-0.2, -0.15) is 0 Å². The van der Waals surface area contributed by atoms with E-state index in [1.54, 1.807) is 6.92 Å². The molecule has 1 unspecified atom stereocenters. The first-order valence-electron chi connectivity index (χ1n) is 13.1. The summed E-state index contributed by atoms with van der Waals surface area (Å²) < 4.78 is 11.2.